The minimum Gasteiger partial charge on any atom is -0.478 e. The molecule has 16 heavy (non-hydrogen) atoms. The smallest absolute Gasteiger partial charge is 0.339 e. The van der Waals surface area contributed by atoms with Crippen molar-refractivity contribution in [2.45, 2.75) is 19.3 Å². The van der Waals surface area contributed by atoms with E-state index in [1.165, 1.54) is 6.42 Å². The highest BCUT2D eigenvalue weighted by Crippen LogP contribution is 2.24. The predicted molar refractivity (Wildman–Crippen MR) is 65.0 cm³/mol. The first kappa shape index (κ1) is 11.4. The Labute approximate surface area is 102 Å². The number of carboxylic acids is 1. The van der Waals surface area contributed by atoms with Crippen LogP contribution in [0.5, 0.6) is 0 Å². The Morgan fingerprint density at radius 1 is 1.38 bits per heavy atom. The van der Waals surface area contributed by atoms with E-state index < -0.39 is 5.97 Å². The molecule has 1 fully saturated rings. The van der Waals surface area contributed by atoms with E-state index in [1.54, 1.807) is 12.3 Å². The first-order valence-electron chi connectivity index (χ1n) is 5.32. The molecule has 1 aliphatic heterocycles. The molecular formula is C11H13BrN2O2. The molecule has 4 nitrogen and oxygen atoms in total. The standard InChI is InChI=1S/C11H13BrN2O2/c12-8-6-9(11(15)16)10(13-7-8)14-4-2-1-3-5-14/h6-7H,1-5H2,(H,15,16). The molecule has 1 saturated heterocycles. The molecule has 0 saturated carbocycles. The Bertz CT molecular complexity index is 403. The lowest BCUT2D eigenvalue weighted by Crippen LogP contribution is -2.31. The highest BCUT2D eigenvalue weighted by molar-refractivity contribution is 9.10. The third kappa shape index (κ3) is 2.35. The molecule has 86 valence electrons. The van der Waals surface area contributed by atoms with Gasteiger partial charge in [-0.1, -0.05) is 0 Å². The van der Waals surface area contributed by atoms with E-state index in [0.29, 0.717) is 10.3 Å². The van der Waals surface area contributed by atoms with Crippen LogP contribution in [0, 0.1) is 0 Å². The number of nitrogens with zero attached hydrogens (tertiary/aromatic N) is 2. The van der Waals surface area contributed by atoms with Gasteiger partial charge in [-0.15, -0.1) is 0 Å². The molecule has 2 heterocycles. The molecule has 1 N–H and O–H groups in total. The lowest BCUT2D eigenvalue weighted by atomic mass is 10.1. The molecule has 0 bridgehead atoms. The summed E-state index contributed by atoms with van der Waals surface area (Å²) in [6.45, 7) is 1.80. The van der Waals surface area contributed by atoms with Crippen LogP contribution in [0.15, 0.2) is 16.7 Å². The van der Waals surface area contributed by atoms with Crippen molar-refractivity contribution in [2.75, 3.05) is 18.0 Å². The summed E-state index contributed by atoms with van der Waals surface area (Å²) >= 11 is 3.24. The van der Waals surface area contributed by atoms with E-state index in [2.05, 4.69) is 25.8 Å². The summed E-state index contributed by atoms with van der Waals surface area (Å²) in [5.74, 6) is -0.329. The molecule has 0 atom stereocenters. The fourth-order valence-electron chi connectivity index (χ4n) is 1.95. The largest absolute Gasteiger partial charge is 0.478 e. The Morgan fingerprint density at radius 2 is 2.06 bits per heavy atom. The normalized spacial score (nSPS) is 16.2. The number of carboxylic acid groups (broad SMARTS) is 1. The summed E-state index contributed by atoms with van der Waals surface area (Å²) in [5.41, 5.74) is 0.274. The van der Waals surface area contributed by atoms with Crippen molar-refractivity contribution in [2.24, 2.45) is 0 Å². The number of rotatable bonds is 2. The van der Waals surface area contributed by atoms with Gasteiger partial charge in [-0.3, -0.25) is 0 Å². The van der Waals surface area contributed by atoms with E-state index in [0.717, 1.165) is 25.9 Å². The van der Waals surface area contributed by atoms with Gasteiger partial charge in [-0.2, -0.15) is 0 Å². The average molecular weight is 285 g/mol. The van der Waals surface area contributed by atoms with Crippen molar-refractivity contribution >= 4 is 27.7 Å². The van der Waals surface area contributed by atoms with Crippen molar-refractivity contribution < 1.29 is 9.90 Å². The van der Waals surface area contributed by atoms with Gasteiger partial charge in [0.05, 0.1) is 0 Å². The molecule has 0 unspecified atom stereocenters. The van der Waals surface area contributed by atoms with Crippen molar-refractivity contribution in [3.8, 4) is 0 Å². The van der Waals surface area contributed by atoms with Gasteiger partial charge < -0.3 is 10.0 Å². The summed E-state index contributed by atoms with van der Waals surface area (Å²) in [6.07, 6.45) is 5.08. The van der Waals surface area contributed by atoms with Gasteiger partial charge in [0, 0.05) is 23.8 Å². The number of aromatic nitrogens is 1. The number of aromatic carboxylic acids is 1. The van der Waals surface area contributed by atoms with Crippen LogP contribution in [0.25, 0.3) is 0 Å². The van der Waals surface area contributed by atoms with Crippen LogP contribution in [0.2, 0.25) is 0 Å². The highest BCUT2D eigenvalue weighted by atomic mass is 79.9. The summed E-state index contributed by atoms with van der Waals surface area (Å²) < 4.78 is 0.700. The fourth-order valence-corrected chi connectivity index (χ4v) is 2.28. The number of carbonyl (C=O) groups is 1. The molecular weight excluding hydrogens is 272 g/mol. The summed E-state index contributed by atoms with van der Waals surface area (Å²) in [4.78, 5) is 17.4. The molecule has 1 aromatic heterocycles. The first-order chi connectivity index (χ1) is 7.68. The van der Waals surface area contributed by atoms with Crippen LogP contribution < -0.4 is 4.90 Å². The zero-order valence-corrected chi connectivity index (χ0v) is 10.4. The summed E-state index contributed by atoms with van der Waals surface area (Å²) in [6, 6.07) is 1.61. The van der Waals surface area contributed by atoms with Crippen molar-refractivity contribution in [3.05, 3.63) is 22.3 Å². The SMILES string of the molecule is O=C(O)c1cc(Br)cnc1N1CCCCC1. The number of anilines is 1. The number of halogens is 1. The lowest BCUT2D eigenvalue weighted by Gasteiger charge is -2.28. The zero-order chi connectivity index (χ0) is 11.5. The van der Waals surface area contributed by atoms with Gasteiger partial charge in [0.25, 0.3) is 0 Å². The Balaban J connectivity index is 2.34. The van der Waals surface area contributed by atoms with Crippen LogP contribution >= 0.6 is 15.9 Å². The fraction of sp³-hybridized carbons (Fsp3) is 0.455. The number of pyridine rings is 1. The second-order valence-corrected chi connectivity index (χ2v) is 4.79. The zero-order valence-electron chi connectivity index (χ0n) is 8.82. The minimum atomic E-state index is -0.922. The molecule has 0 amide bonds. The lowest BCUT2D eigenvalue weighted by molar-refractivity contribution is 0.0697. The van der Waals surface area contributed by atoms with Crippen LogP contribution in [-0.4, -0.2) is 29.1 Å². The van der Waals surface area contributed by atoms with E-state index in [4.69, 9.17) is 5.11 Å². The Hall–Kier alpha value is -1.10. The maximum atomic E-state index is 11.1. The van der Waals surface area contributed by atoms with Crippen LogP contribution in [0.4, 0.5) is 5.82 Å². The van der Waals surface area contributed by atoms with E-state index in [9.17, 15) is 4.79 Å². The van der Waals surface area contributed by atoms with Gasteiger partial charge in [-0.25, -0.2) is 9.78 Å². The summed E-state index contributed by atoms with van der Waals surface area (Å²) in [5, 5.41) is 9.13. The third-order valence-corrected chi connectivity index (χ3v) is 3.15. The monoisotopic (exact) mass is 284 g/mol. The Morgan fingerprint density at radius 3 is 2.69 bits per heavy atom. The van der Waals surface area contributed by atoms with Crippen molar-refractivity contribution in [1.29, 1.82) is 0 Å². The topological polar surface area (TPSA) is 53.4 Å². The van der Waals surface area contributed by atoms with Gasteiger partial charge in [0.1, 0.15) is 11.4 Å². The molecule has 0 aliphatic carbocycles. The highest BCUT2D eigenvalue weighted by Gasteiger charge is 2.19. The molecule has 1 aromatic rings. The van der Waals surface area contributed by atoms with Gasteiger partial charge in [0.15, 0.2) is 0 Å². The molecule has 1 aliphatic rings. The number of hydrogen-bond acceptors (Lipinski definition) is 3. The third-order valence-electron chi connectivity index (χ3n) is 2.72. The van der Waals surface area contributed by atoms with E-state index >= 15 is 0 Å². The van der Waals surface area contributed by atoms with Crippen molar-refractivity contribution in [1.82, 2.24) is 4.98 Å². The first-order valence-corrected chi connectivity index (χ1v) is 6.11. The predicted octanol–water partition coefficient (Wildman–Crippen LogP) is 2.53. The number of hydrogen-bond donors (Lipinski definition) is 1. The molecule has 2 rings (SSSR count). The van der Waals surface area contributed by atoms with E-state index in [1.807, 2.05) is 0 Å². The van der Waals surface area contributed by atoms with Crippen LogP contribution in [-0.2, 0) is 0 Å². The molecule has 0 spiro atoms. The molecule has 5 heteroatoms. The van der Waals surface area contributed by atoms with Crippen molar-refractivity contribution in [3.63, 3.8) is 0 Å². The van der Waals surface area contributed by atoms with Gasteiger partial charge in [-0.05, 0) is 41.3 Å². The maximum absolute atomic E-state index is 11.1. The van der Waals surface area contributed by atoms with Gasteiger partial charge >= 0.3 is 5.97 Å². The van der Waals surface area contributed by atoms with E-state index in [-0.39, 0.29) is 5.56 Å². The molecule has 0 aromatic carbocycles. The summed E-state index contributed by atoms with van der Waals surface area (Å²) in [7, 11) is 0. The maximum Gasteiger partial charge on any atom is 0.339 e. The second kappa shape index (κ2) is 4.82. The minimum absolute atomic E-state index is 0.274. The van der Waals surface area contributed by atoms with Crippen LogP contribution in [0.1, 0.15) is 29.6 Å². The molecule has 0 radical (unpaired) electrons. The quantitative estimate of drug-likeness (QED) is 0.907. The number of piperidine rings is 1. The average Bonchev–Trinajstić information content (AvgIpc) is 2.30. The van der Waals surface area contributed by atoms with Gasteiger partial charge in [0.2, 0.25) is 0 Å². The second-order valence-electron chi connectivity index (χ2n) is 3.88. The Kier molecular flexibility index (Phi) is 3.43. The van der Waals surface area contributed by atoms with Crippen LogP contribution in [0.3, 0.4) is 0 Å².